The lowest BCUT2D eigenvalue weighted by Crippen LogP contribution is -2.43. The molecule has 0 aromatic heterocycles. The Kier molecular flexibility index (Phi) is 5.13. The van der Waals surface area contributed by atoms with Crippen molar-refractivity contribution in [2.24, 2.45) is 5.92 Å². The number of nitriles is 1. The number of rotatable bonds is 4. The van der Waals surface area contributed by atoms with Crippen LogP contribution in [0.25, 0.3) is 0 Å². The van der Waals surface area contributed by atoms with Crippen LogP contribution < -0.4 is 10.6 Å². The van der Waals surface area contributed by atoms with Gasteiger partial charge in [0.2, 0.25) is 5.91 Å². The summed E-state index contributed by atoms with van der Waals surface area (Å²) in [5.74, 6) is 0.567. The molecule has 1 aliphatic rings. The second-order valence-corrected chi connectivity index (χ2v) is 4.18. The molecule has 0 aromatic rings. The van der Waals surface area contributed by atoms with E-state index in [1.165, 1.54) is 19.3 Å². The van der Waals surface area contributed by atoms with Crippen molar-refractivity contribution in [3.8, 4) is 6.07 Å². The van der Waals surface area contributed by atoms with E-state index in [0.29, 0.717) is 18.5 Å². The fraction of sp³-hybridized carbons (Fsp3) is 0.818. The Morgan fingerprint density at radius 2 is 2.20 bits per heavy atom. The molecule has 0 aliphatic heterocycles. The van der Waals surface area contributed by atoms with Gasteiger partial charge in [0, 0.05) is 6.04 Å². The lowest BCUT2D eigenvalue weighted by atomic mass is 9.86. The summed E-state index contributed by atoms with van der Waals surface area (Å²) in [6, 6.07) is 2.35. The minimum absolute atomic E-state index is 0.0886. The van der Waals surface area contributed by atoms with Gasteiger partial charge in [0.1, 0.15) is 6.54 Å². The van der Waals surface area contributed by atoms with Crippen LogP contribution in [0.15, 0.2) is 0 Å². The minimum Gasteiger partial charge on any atom is -0.342 e. The SMILES string of the molecule is CC1CCCCC1NCC(=O)NCC#N. The molecular formula is C11H19N3O. The Balaban J connectivity index is 2.18. The number of carbonyl (C=O) groups is 1. The maximum atomic E-state index is 11.2. The van der Waals surface area contributed by atoms with Gasteiger partial charge in [-0.3, -0.25) is 4.79 Å². The zero-order valence-corrected chi connectivity index (χ0v) is 9.25. The van der Waals surface area contributed by atoms with Gasteiger partial charge in [-0.05, 0) is 18.8 Å². The monoisotopic (exact) mass is 209 g/mol. The molecule has 0 spiro atoms. The van der Waals surface area contributed by atoms with E-state index in [1.807, 2.05) is 6.07 Å². The Morgan fingerprint density at radius 1 is 1.47 bits per heavy atom. The molecule has 0 heterocycles. The third-order valence-electron chi connectivity index (χ3n) is 3.00. The Labute approximate surface area is 91.0 Å². The summed E-state index contributed by atoms with van der Waals surface area (Å²) in [6.45, 7) is 2.65. The van der Waals surface area contributed by atoms with Crippen LogP contribution in [0.2, 0.25) is 0 Å². The summed E-state index contributed by atoms with van der Waals surface area (Å²) in [7, 11) is 0. The van der Waals surface area contributed by atoms with Gasteiger partial charge in [0.25, 0.3) is 0 Å². The summed E-state index contributed by atoms with van der Waals surface area (Å²) in [5.41, 5.74) is 0. The number of hydrogen-bond acceptors (Lipinski definition) is 3. The van der Waals surface area contributed by atoms with E-state index in [9.17, 15) is 4.79 Å². The average molecular weight is 209 g/mol. The molecule has 4 heteroatoms. The molecule has 84 valence electrons. The first kappa shape index (κ1) is 12.0. The molecule has 0 radical (unpaired) electrons. The van der Waals surface area contributed by atoms with Crippen molar-refractivity contribution in [2.45, 2.75) is 38.6 Å². The molecule has 2 atom stereocenters. The Bertz CT molecular complexity index is 247. The highest BCUT2D eigenvalue weighted by atomic mass is 16.1. The van der Waals surface area contributed by atoms with Crippen molar-refractivity contribution in [3.05, 3.63) is 0 Å². The van der Waals surface area contributed by atoms with Crippen LogP contribution in [0.3, 0.4) is 0 Å². The van der Waals surface area contributed by atoms with Gasteiger partial charge >= 0.3 is 0 Å². The van der Waals surface area contributed by atoms with Crippen LogP contribution in [0.4, 0.5) is 0 Å². The predicted octanol–water partition coefficient (Wildman–Crippen LogP) is 0.794. The van der Waals surface area contributed by atoms with E-state index in [2.05, 4.69) is 17.6 Å². The lowest BCUT2D eigenvalue weighted by molar-refractivity contribution is -0.120. The fourth-order valence-corrected chi connectivity index (χ4v) is 2.04. The first-order valence-electron chi connectivity index (χ1n) is 5.61. The van der Waals surface area contributed by atoms with E-state index >= 15 is 0 Å². The summed E-state index contributed by atoms with van der Waals surface area (Å²) in [6.07, 6.45) is 4.96. The number of nitrogens with zero attached hydrogens (tertiary/aromatic N) is 1. The molecule has 2 unspecified atom stereocenters. The van der Waals surface area contributed by atoms with Gasteiger partial charge in [-0.1, -0.05) is 19.8 Å². The quantitative estimate of drug-likeness (QED) is 0.673. The van der Waals surface area contributed by atoms with Gasteiger partial charge < -0.3 is 10.6 Å². The van der Waals surface area contributed by atoms with Crippen LogP contribution in [-0.4, -0.2) is 25.0 Å². The summed E-state index contributed by atoms with van der Waals surface area (Å²) < 4.78 is 0. The summed E-state index contributed by atoms with van der Waals surface area (Å²) in [4.78, 5) is 11.2. The fourth-order valence-electron chi connectivity index (χ4n) is 2.04. The zero-order chi connectivity index (χ0) is 11.1. The minimum atomic E-state index is -0.0886. The van der Waals surface area contributed by atoms with Crippen LogP contribution in [0.1, 0.15) is 32.6 Å². The van der Waals surface area contributed by atoms with Gasteiger partial charge in [-0.15, -0.1) is 0 Å². The van der Waals surface area contributed by atoms with Crippen molar-refractivity contribution >= 4 is 5.91 Å². The molecular weight excluding hydrogens is 190 g/mol. The van der Waals surface area contributed by atoms with E-state index in [0.717, 1.165) is 6.42 Å². The average Bonchev–Trinajstić information content (AvgIpc) is 2.25. The first-order valence-corrected chi connectivity index (χ1v) is 5.61. The Morgan fingerprint density at radius 3 is 2.87 bits per heavy atom. The van der Waals surface area contributed by atoms with Crippen molar-refractivity contribution in [1.82, 2.24) is 10.6 Å². The van der Waals surface area contributed by atoms with E-state index in [-0.39, 0.29) is 12.5 Å². The van der Waals surface area contributed by atoms with E-state index < -0.39 is 0 Å². The second kappa shape index (κ2) is 6.41. The van der Waals surface area contributed by atoms with E-state index in [4.69, 9.17) is 5.26 Å². The van der Waals surface area contributed by atoms with Crippen molar-refractivity contribution < 1.29 is 4.79 Å². The molecule has 0 bridgehead atoms. The van der Waals surface area contributed by atoms with Crippen LogP contribution >= 0.6 is 0 Å². The molecule has 1 saturated carbocycles. The van der Waals surface area contributed by atoms with Crippen LogP contribution in [-0.2, 0) is 4.79 Å². The van der Waals surface area contributed by atoms with Gasteiger partial charge in [-0.25, -0.2) is 0 Å². The highest BCUT2D eigenvalue weighted by Gasteiger charge is 2.20. The highest BCUT2D eigenvalue weighted by Crippen LogP contribution is 2.23. The molecule has 0 aromatic carbocycles. The molecule has 2 N–H and O–H groups in total. The third-order valence-corrected chi connectivity index (χ3v) is 3.00. The largest absolute Gasteiger partial charge is 0.342 e. The van der Waals surface area contributed by atoms with E-state index in [1.54, 1.807) is 0 Å². The molecule has 1 fully saturated rings. The number of amides is 1. The number of hydrogen-bond donors (Lipinski definition) is 2. The number of nitrogens with one attached hydrogen (secondary N) is 2. The third kappa shape index (κ3) is 4.30. The summed E-state index contributed by atoms with van der Waals surface area (Å²) >= 11 is 0. The normalized spacial score (nSPS) is 25.6. The van der Waals surface area contributed by atoms with Crippen molar-refractivity contribution in [2.75, 3.05) is 13.1 Å². The first-order chi connectivity index (χ1) is 7.24. The molecule has 0 saturated heterocycles. The molecule has 4 nitrogen and oxygen atoms in total. The maximum Gasteiger partial charge on any atom is 0.234 e. The smallest absolute Gasteiger partial charge is 0.234 e. The molecule has 15 heavy (non-hydrogen) atoms. The van der Waals surface area contributed by atoms with Crippen molar-refractivity contribution in [1.29, 1.82) is 5.26 Å². The molecule has 1 amide bonds. The Hall–Kier alpha value is -1.08. The number of carbonyl (C=O) groups excluding carboxylic acids is 1. The molecule has 1 aliphatic carbocycles. The second-order valence-electron chi connectivity index (χ2n) is 4.18. The zero-order valence-electron chi connectivity index (χ0n) is 9.25. The predicted molar refractivity (Wildman–Crippen MR) is 58.0 cm³/mol. The van der Waals surface area contributed by atoms with Gasteiger partial charge in [0.05, 0.1) is 12.6 Å². The summed E-state index contributed by atoms with van der Waals surface area (Å²) in [5, 5.41) is 14.1. The lowest BCUT2D eigenvalue weighted by Gasteiger charge is -2.29. The van der Waals surface area contributed by atoms with Crippen molar-refractivity contribution in [3.63, 3.8) is 0 Å². The maximum absolute atomic E-state index is 11.2. The molecule has 1 rings (SSSR count). The standard InChI is InChI=1S/C11H19N3O/c1-9-4-2-3-5-10(9)14-8-11(15)13-7-6-12/h9-10,14H,2-5,7-8H2,1H3,(H,13,15). The van der Waals surface area contributed by atoms with Crippen LogP contribution in [0, 0.1) is 17.2 Å². The topological polar surface area (TPSA) is 64.9 Å². The highest BCUT2D eigenvalue weighted by molar-refractivity contribution is 5.78. The van der Waals surface area contributed by atoms with Gasteiger partial charge in [0.15, 0.2) is 0 Å². The van der Waals surface area contributed by atoms with Gasteiger partial charge in [-0.2, -0.15) is 5.26 Å². The van der Waals surface area contributed by atoms with Crippen LogP contribution in [0.5, 0.6) is 0 Å².